The summed E-state index contributed by atoms with van der Waals surface area (Å²) in [6.45, 7) is 1.64. The molecule has 0 fully saturated rings. The average molecular weight is 295 g/mol. The lowest BCUT2D eigenvalue weighted by Crippen LogP contribution is -2.09. The number of phenolic OH excluding ortho intramolecular Hbond substituents is 1. The highest BCUT2D eigenvalue weighted by molar-refractivity contribution is 6.02. The Morgan fingerprint density at radius 2 is 2.05 bits per heavy atom. The monoisotopic (exact) mass is 295 g/mol. The number of aromatic hydroxyl groups is 1. The van der Waals surface area contributed by atoms with E-state index in [4.69, 9.17) is 15.1 Å². The molecule has 1 aromatic rings. The van der Waals surface area contributed by atoms with E-state index in [0.29, 0.717) is 17.7 Å². The van der Waals surface area contributed by atoms with E-state index in [-0.39, 0.29) is 11.5 Å². The number of ether oxygens (including phenoxy) is 1. The van der Waals surface area contributed by atoms with Gasteiger partial charge in [0.1, 0.15) is 11.5 Å². The molecule has 0 atom stereocenters. The van der Waals surface area contributed by atoms with Crippen LogP contribution in [0.2, 0.25) is 0 Å². The third-order valence-electron chi connectivity index (χ3n) is 3.03. The zero-order chi connectivity index (χ0) is 15.7. The minimum Gasteiger partial charge on any atom is -0.507 e. The van der Waals surface area contributed by atoms with Crippen molar-refractivity contribution in [2.45, 2.75) is 39.0 Å². The molecule has 6 heteroatoms. The second-order valence-electron chi connectivity index (χ2n) is 4.72. The number of aliphatic carboxylic acids is 1. The van der Waals surface area contributed by atoms with Crippen LogP contribution in [0.15, 0.2) is 23.4 Å². The molecule has 3 N–H and O–H groups in total. The van der Waals surface area contributed by atoms with Crippen molar-refractivity contribution in [3.8, 4) is 11.5 Å². The van der Waals surface area contributed by atoms with Gasteiger partial charge in [-0.1, -0.05) is 31.3 Å². The van der Waals surface area contributed by atoms with E-state index in [0.717, 1.165) is 25.7 Å². The minimum atomic E-state index is -1.09. The van der Waals surface area contributed by atoms with Crippen LogP contribution in [-0.4, -0.2) is 33.7 Å². The van der Waals surface area contributed by atoms with E-state index >= 15 is 0 Å². The fraction of sp³-hybridized carbons (Fsp3) is 0.467. The van der Waals surface area contributed by atoms with Crippen LogP contribution in [-0.2, 0) is 4.79 Å². The number of hydrogen-bond donors (Lipinski definition) is 3. The molecular formula is C15H21NO5. The summed E-state index contributed by atoms with van der Waals surface area (Å²) in [5.74, 6) is -0.935. The van der Waals surface area contributed by atoms with Gasteiger partial charge in [0, 0.05) is 11.6 Å². The molecule has 0 spiro atoms. The standard InChI is InChI=1S/C15H21NO5/c1-2-3-4-5-6-13(16-20)12-8-7-11(9-14(12)17)21-10-15(18)19/h7-9,17,20H,2-6,10H2,1H3,(H,18,19). The zero-order valence-corrected chi connectivity index (χ0v) is 12.1. The molecule has 0 aliphatic rings. The van der Waals surface area contributed by atoms with Gasteiger partial charge in [-0.2, -0.15) is 0 Å². The Bertz CT molecular complexity index is 499. The molecule has 0 unspecified atom stereocenters. The Morgan fingerprint density at radius 3 is 2.62 bits per heavy atom. The summed E-state index contributed by atoms with van der Waals surface area (Å²) < 4.78 is 4.97. The van der Waals surface area contributed by atoms with Crippen LogP contribution < -0.4 is 4.74 Å². The number of carboxylic acid groups (broad SMARTS) is 1. The molecule has 0 bridgehead atoms. The van der Waals surface area contributed by atoms with Gasteiger partial charge in [0.05, 0.1) is 5.71 Å². The second-order valence-corrected chi connectivity index (χ2v) is 4.72. The SMILES string of the molecule is CCCCCCC(=NO)c1ccc(OCC(=O)O)cc1O. The molecule has 0 aliphatic carbocycles. The maximum atomic E-state index is 10.4. The van der Waals surface area contributed by atoms with Crippen LogP contribution in [0.1, 0.15) is 44.6 Å². The number of rotatable bonds is 9. The van der Waals surface area contributed by atoms with Gasteiger partial charge in [-0.05, 0) is 25.0 Å². The smallest absolute Gasteiger partial charge is 0.341 e. The minimum absolute atomic E-state index is 0.0961. The van der Waals surface area contributed by atoms with Gasteiger partial charge in [-0.25, -0.2) is 4.79 Å². The quantitative estimate of drug-likeness (QED) is 0.281. The molecular weight excluding hydrogens is 274 g/mol. The Labute approximate surface area is 123 Å². The predicted molar refractivity (Wildman–Crippen MR) is 78.3 cm³/mol. The van der Waals surface area contributed by atoms with Gasteiger partial charge in [-0.15, -0.1) is 0 Å². The Balaban J connectivity index is 2.70. The number of phenols is 1. The van der Waals surface area contributed by atoms with Crippen LogP contribution in [0.3, 0.4) is 0 Å². The first-order valence-electron chi connectivity index (χ1n) is 6.97. The number of benzene rings is 1. The summed E-state index contributed by atoms with van der Waals surface area (Å²) in [6, 6.07) is 4.41. The number of oxime groups is 1. The van der Waals surface area contributed by atoms with E-state index < -0.39 is 12.6 Å². The lowest BCUT2D eigenvalue weighted by Gasteiger charge is -2.09. The highest BCUT2D eigenvalue weighted by atomic mass is 16.5. The summed E-state index contributed by atoms with van der Waals surface area (Å²) in [7, 11) is 0. The molecule has 0 saturated heterocycles. The van der Waals surface area contributed by atoms with Crippen molar-refractivity contribution < 1.29 is 25.0 Å². The van der Waals surface area contributed by atoms with Crippen molar-refractivity contribution >= 4 is 11.7 Å². The predicted octanol–water partition coefficient (Wildman–Crippen LogP) is 3.00. The molecule has 1 rings (SSSR count). The summed E-state index contributed by atoms with van der Waals surface area (Å²) in [6.07, 6.45) is 4.72. The molecule has 0 radical (unpaired) electrons. The summed E-state index contributed by atoms with van der Waals surface area (Å²) in [5, 5.41) is 30.8. The van der Waals surface area contributed by atoms with E-state index in [1.807, 2.05) is 0 Å². The molecule has 0 heterocycles. The Hall–Kier alpha value is -2.24. The first-order chi connectivity index (χ1) is 10.1. The number of hydrogen-bond acceptors (Lipinski definition) is 5. The van der Waals surface area contributed by atoms with Crippen molar-refractivity contribution in [1.82, 2.24) is 0 Å². The molecule has 116 valence electrons. The van der Waals surface area contributed by atoms with Crippen molar-refractivity contribution in [1.29, 1.82) is 0 Å². The van der Waals surface area contributed by atoms with Crippen LogP contribution in [0.5, 0.6) is 11.5 Å². The van der Waals surface area contributed by atoms with Gasteiger partial charge < -0.3 is 20.2 Å². The highest BCUT2D eigenvalue weighted by Gasteiger charge is 2.11. The lowest BCUT2D eigenvalue weighted by atomic mass is 10.0. The van der Waals surface area contributed by atoms with Crippen molar-refractivity contribution in [3.05, 3.63) is 23.8 Å². The number of unbranched alkanes of at least 4 members (excludes halogenated alkanes) is 3. The van der Waals surface area contributed by atoms with Crippen molar-refractivity contribution in [2.24, 2.45) is 5.16 Å². The Kier molecular flexibility index (Phi) is 7.08. The highest BCUT2D eigenvalue weighted by Crippen LogP contribution is 2.25. The zero-order valence-electron chi connectivity index (χ0n) is 12.1. The van der Waals surface area contributed by atoms with Crippen molar-refractivity contribution in [2.75, 3.05) is 6.61 Å². The van der Waals surface area contributed by atoms with Gasteiger partial charge in [-0.3, -0.25) is 0 Å². The summed E-state index contributed by atoms with van der Waals surface area (Å²) in [4.78, 5) is 10.4. The third kappa shape index (κ3) is 5.72. The fourth-order valence-corrected chi connectivity index (χ4v) is 1.95. The van der Waals surface area contributed by atoms with Gasteiger partial charge in [0.2, 0.25) is 0 Å². The lowest BCUT2D eigenvalue weighted by molar-refractivity contribution is -0.139. The van der Waals surface area contributed by atoms with Gasteiger partial charge in [0.25, 0.3) is 0 Å². The topological polar surface area (TPSA) is 99.4 Å². The van der Waals surface area contributed by atoms with Crippen LogP contribution in [0.4, 0.5) is 0 Å². The number of carboxylic acids is 1. The Morgan fingerprint density at radius 1 is 1.29 bits per heavy atom. The van der Waals surface area contributed by atoms with Crippen LogP contribution >= 0.6 is 0 Å². The normalized spacial score (nSPS) is 11.4. The number of carbonyl (C=O) groups is 1. The summed E-state index contributed by atoms with van der Waals surface area (Å²) in [5.41, 5.74) is 0.838. The maximum absolute atomic E-state index is 10.4. The molecule has 0 saturated carbocycles. The molecule has 21 heavy (non-hydrogen) atoms. The van der Waals surface area contributed by atoms with Gasteiger partial charge in [0.15, 0.2) is 6.61 Å². The summed E-state index contributed by atoms with van der Waals surface area (Å²) >= 11 is 0. The van der Waals surface area contributed by atoms with E-state index in [9.17, 15) is 9.90 Å². The first-order valence-corrected chi connectivity index (χ1v) is 6.97. The third-order valence-corrected chi connectivity index (χ3v) is 3.03. The number of nitrogens with zero attached hydrogens (tertiary/aromatic N) is 1. The molecule has 0 aromatic heterocycles. The first kappa shape index (κ1) is 16.8. The molecule has 0 aliphatic heterocycles. The average Bonchev–Trinajstić information content (AvgIpc) is 2.46. The van der Waals surface area contributed by atoms with E-state index in [1.165, 1.54) is 12.1 Å². The van der Waals surface area contributed by atoms with Crippen LogP contribution in [0.25, 0.3) is 0 Å². The van der Waals surface area contributed by atoms with E-state index in [1.54, 1.807) is 6.07 Å². The largest absolute Gasteiger partial charge is 0.507 e. The molecule has 6 nitrogen and oxygen atoms in total. The van der Waals surface area contributed by atoms with E-state index in [2.05, 4.69) is 12.1 Å². The van der Waals surface area contributed by atoms with Crippen molar-refractivity contribution in [3.63, 3.8) is 0 Å². The fourth-order valence-electron chi connectivity index (χ4n) is 1.95. The molecule has 1 aromatic carbocycles. The van der Waals surface area contributed by atoms with Crippen LogP contribution in [0, 0.1) is 0 Å². The second kappa shape index (κ2) is 8.84. The maximum Gasteiger partial charge on any atom is 0.341 e. The molecule has 0 amide bonds. The van der Waals surface area contributed by atoms with Gasteiger partial charge >= 0.3 is 5.97 Å².